The molecule has 0 aromatic rings. The van der Waals surface area contributed by atoms with Crippen molar-refractivity contribution in [1.82, 2.24) is 9.80 Å². The summed E-state index contributed by atoms with van der Waals surface area (Å²) in [6, 6.07) is 0.708. The minimum Gasteiger partial charge on any atom is -0.396 e. The van der Waals surface area contributed by atoms with Crippen LogP contribution in [0.3, 0.4) is 0 Å². The summed E-state index contributed by atoms with van der Waals surface area (Å²) in [6.45, 7) is 9.56. The maximum Gasteiger partial charge on any atom is 0.0443 e. The third kappa shape index (κ3) is 3.74. The lowest BCUT2D eigenvalue weighted by atomic mass is 9.92. The summed E-state index contributed by atoms with van der Waals surface area (Å²) in [4.78, 5) is 4.95. The van der Waals surface area contributed by atoms with Crippen molar-refractivity contribution >= 4 is 0 Å². The second kappa shape index (κ2) is 6.46. The van der Waals surface area contributed by atoms with Gasteiger partial charge in [-0.25, -0.2) is 0 Å². The topological polar surface area (TPSA) is 26.7 Å². The quantitative estimate of drug-likeness (QED) is 0.740. The van der Waals surface area contributed by atoms with Crippen LogP contribution in [0.1, 0.15) is 26.7 Å². The zero-order chi connectivity index (χ0) is 11.3. The van der Waals surface area contributed by atoms with Crippen molar-refractivity contribution in [2.45, 2.75) is 32.7 Å². The fraction of sp³-hybridized carbons (Fsp3) is 1.00. The van der Waals surface area contributed by atoms with E-state index < -0.39 is 0 Å². The zero-order valence-electron chi connectivity index (χ0n) is 10.4. The van der Waals surface area contributed by atoms with Crippen LogP contribution in [-0.2, 0) is 0 Å². The maximum atomic E-state index is 8.82. The van der Waals surface area contributed by atoms with Crippen LogP contribution < -0.4 is 0 Å². The molecule has 1 aliphatic heterocycles. The number of aliphatic hydroxyl groups excluding tert-OH is 1. The summed E-state index contributed by atoms with van der Waals surface area (Å²) in [5, 5.41) is 8.82. The summed E-state index contributed by atoms with van der Waals surface area (Å²) in [7, 11) is 2.19. The van der Waals surface area contributed by atoms with Crippen molar-refractivity contribution in [2.24, 2.45) is 5.92 Å². The minimum atomic E-state index is 0.312. The van der Waals surface area contributed by atoms with Gasteiger partial charge < -0.3 is 14.9 Å². The number of hydrogen-bond acceptors (Lipinski definition) is 3. The standard InChI is InChI=1S/C12H26N2O/c1-4-14-8-6-12(11(2)10-14)13(3)7-5-9-15/h11-12,15H,4-10H2,1-3H3. The van der Waals surface area contributed by atoms with Gasteiger partial charge in [0.25, 0.3) is 0 Å². The Balaban J connectivity index is 2.36. The molecule has 0 aromatic carbocycles. The summed E-state index contributed by atoms with van der Waals surface area (Å²) in [6.07, 6.45) is 2.17. The van der Waals surface area contributed by atoms with Crippen LogP contribution >= 0.6 is 0 Å². The lowest BCUT2D eigenvalue weighted by Gasteiger charge is -2.41. The van der Waals surface area contributed by atoms with Crippen molar-refractivity contribution < 1.29 is 5.11 Å². The first-order valence-electron chi connectivity index (χ1n) is 6.22. The molecule has 0 saturated carbocycles. The van der Waals surface area contributed by atoms with Crippen molar-refractivity contribution in [3.05, 3.63) is 0 Å². The van der Waals surface area contributed by atoms with Gasteiger partial charge in [0, 0.05) is 25.7 Å². The van der Waals surface area contributed by atoms with Crippen LogP contribution in [0.25, 0.3) is 0 Å². The van der Waals surface area contributed by atoms with E-state index in [1.807, 2.05) is 0 Å². The van der Waals surface area contributed by atoms with Gasteiger partial charge in [-0.2, -0.15) is 0 Å². The van der Waals surface area contributed by atoms with E-state index in [1.165, 1.54) is 26.1 Å². The van der Waals surface area contributed by atoms with Gasteiger partial charge >= 0.3 is 0 Å². The molecule has 15 heavy (non-hydrogen) atoms. The second-order valence-electron chi connectivity index (χ2n) is 4.78. The SMILES string of the molecule is CCN1CCC(N(C)CCCO)C(C)C1. The van der Waals surface area contributed by atoms with Gasteiger partial charge in [0.1, 0.15) is 0 Å². The molecule has 0 aromatic heterocycles. The highest BCUT2D eigenvalue weighted by Crippen LogP contribution is 2.20. The molecular formula is C12H26N2O. The Hall–Kier alpha value is -0.120. The predicted molar refractivity (Wildman–Crippen MR) is 64.0 cm³/mol. The van der Waals surface area contributed by atoms with Crippen LogP contribution in [0, 0.1) is 5.92 Å². The lowest BCUT2D eigenvalue weighted by Crippen LogP contribution is -2.49. The molecule has 0 spiro atoms. The van der Waals surface area contributed by atoms with Gasteiger partial charge in [0.15, 0.2) is 0 Å². The number of nitrogens with zero attached hydrogens (tertiary/aromatic N) is 2. The smallest absolute Gasteiger partial charge is 0.0443 e. The maximum absolute atomic E-state index is 8.82. The molecule has 1 fully saturated rings. The first kappa shape index (κ1) is 12.9. The van der Waals surface area contributed by atoms with E-state index in [4.69, 9.17) is 5.11 Å². The van der Waals surface area contributed by atoms with Crippen molar-refractivity contribution in [2.75, 3.05) is 39.8 Å². The van der Waals surface area contributed by atoms with Crippen LogP contribution in [0.4, 0.5) is 0 Å². The molecule has 90 valence electrons. The average molecular weight is 214 g/mol. The highest BCUT2D eigenvalue weighted by Gasteiger charge is 2.27. The Morgan fingerprint density at radius 1 is 1.47 bits per heavy atom. The van der Waals surface area contributed by atoms with Gasteiger partial charge in [0.2, 0.25) is 0 Å². The minimum absolute atomic E-state index is 0.312. The Morgan fingerprint density at radius 2 is 2.20 bits per heavy atom. The molecule has 1 aliphatic rings. The van der Waals surface area contributed by atoms with E-state index in [0.717, 1.165) is 18.9 Å². The largest absolute Gasteiger partial charge is 0.396 e. The molecule has 3 heteroatoms. The number of piperidine rings is 1. The molecule has 2 unspecified atom stereocenters. The normalized spacial score (nSPS) is 28.6. The lowest BCUT2D eigenvalue weighted by molar-refractivity contribution is 0.0788. The van der Waals surface area contributed by atoms with Crippen molar-refractivity contribution in [3.63, 3.8) is 0 Å². The molecule has 2 atom stereocenters. The zero-order valence-corrected chi connectivity index (χ0v) is 10.4. The average Bonchev–Trinajstić information content (AvgIpc) is 2.25. The van der Waals surface area contributed by atoms with Gasteiger partial charge in [0.05, 0.1) is 0 Å². The molecule has 1 rings (SSSR count). The summed E-state index contributed by atoms with van der Waals surface area (Å²) < 4.78 is 0. The van der Waals surface area contributed by atoms with Crippen LogP contribution in [0.15, 0.2) is 0 Å². The van der Waals surface area contributed by atoms with Crippen LogP contribution in [-0.4, -0.2) is 60.8 Å². The Labute approximate surface area is 94.1 Å². The van der Waals surface area contributed by atoms with E-state index in [-0.39, 0.29) is 0 Å². The summed E-state index contributed by atoms with van der Waals surface area (Å²) in [5.74, 6) is 0.752. The molecular weight excluding hydrogens is 188 g/mol. The fourth-order valence-corrected chi connectivity index (χ4v) is 2.65. The first-order chi connectivity index (χ1) is 7.19. The van der Waals surface area contributed by atoms with Crippen molar-refractivity contribution in [1.29, 1.82) is 0 Å². The van der Waals surface area contributed by atoms with Gasteiger partial charge in [-0.3, -0.25) is 0 Å². The number of aliphatic hydroxyl groups is 1. The van der Waals surface area contributed by atoms with E-state index in [1.54, 1.807) is 0 Å². The Kier molecular flexibility index (Phi) is 5.58. The monoisotopic (exact) mass is 214 g/mol. The number of likely N-dealkylation sites (tertiary alicyclic amines) is 1. The summed E-state index contributed by atoms with van der Waals surface area (Å²) >= 11 is 0. The van der Waals surface area contributed by atoms with E-state index in [2.05, 4.69) is 30.7 Å². The Bertz CT molecular complexity index is 171. The third-order valence-corrected chi connectivity index (χ3v) is 3.63. The third-order valence-electron chi connectivity index (χ3n) is 3.63. The highest BCUT2D eigenvalue weighted by molar-refractivity contribution is 4.83. The summed E-state index contributed by atoms with van der Waals surface area (Å²) in [5.41, 5.74) is 0. The molecule has 0 radical (unpaired) electrons. The van der Waals surface area contributed by atoms with Crippen LogP contribution in [0.2, 0.25) is 0 Å². The van der Waals surface area contributed by atoms with E-state index in [9.17, 15) is 0 Å². The van der Waals surface area contributed by atoms with Crippen LogP contribution in [0.5, 0.6) is 0 Å². The molecule has 0 amide bonds. The molecule has 3 nitrogen and oxygen atoms in total. The van der Waals surface area contributed by atoms with Gasteiger partial charge in [-0.1, -0.05) is 13.8 Å². The second-order valence-corrected chi connectivity index (χ2v) is 4.78. The molecule has 1 saturated heterocycles. The number of rotatable bonds is 5. The van der Waals surface area contributed by atoms with Gasteiger partial charge in [-0.15, -0.1) is 0 Å². The fourth-order valence-electron chi connectivity index (χ4n) is 2.65. The predicted octanol–water partition coefficient (Wildman–Crippen LogP) is 1.03. The van der Waals surface area contributed by atoms with Gasteiger partial charge in [-0.05, 0) is 38.9 Å². The first-order valence-corrected chi connectivity index (χ1v) is 6.22. The molecule has 0 bridgehead atoms. The number of hydrogen-bond donors (Lipinski definition) is 1. The van der Waals surface area contributed by atoms with E-state index >= 15 is 0 Å². The molecule has 1 N–H and O–H groups in total. The highest BCUT2D eigenvalue weighted by atomic mass is 16.3. The Morgan fingerprint density at radius 3 is 2.73 bits per heavy atom. The van der Waals surface area contributed by atoms with Crippen molar-refractivity contribution in [3.8, 4) is 0 Å². The molecule has 0 aliphatic carbocycles. The molecule has 1 heterocycles. The van der Waals surface area contributed by atoms with E-state index in [0.29, 0.717) is 12.6 Å².